The molecule has 0 bridgehead atoms. The lowest BCUT2D eigenvalue weighted by Gasteiger charge is -2.09. The molecule has 0 unspecified atom stereocenters. The maximum atomic E-state index is 5.41. The fourth-order valence-electron chi connectivity index (χ4n) is 1.43. The van der Waals surface area contributed by atoms with Crippen LogP contribution in [0.25, 0.3) is 0 Å². The van der Waals surface area contributed by atoms with Gasteiger partial charge in [-0.15, -0.1) is 0 Å². The smallest absolute Gasteiger partial charge is 0.316 e. The zero-order valence-corrected chi connectivity index (χ0v) is 7.44. The Hall–Kier alpha value is -1.16. The molecule has 0 spiro atoms. The molecule has 1 aromatic heterocycles. The van der Waals surface area contributed by atoms with E-state index in [2.05, 4.69) is 15.3 Å². The molecular weight excluding hydrogens is 166 g/mol. The number of nitrogens with one attached hydrogen (secondary N) is 1. The molecule has 1 atom stereocenters. The SMILES string of the molecule is c1cnc(OC[C@@H]2CCCN2)nc1. The maximum Gasteiger partial charge on any atom is 0.316 e. The van der Waals surface area contributed by atoms with Gasteiger partial charge in [-0.2, -0.15) is 0 Å². The van der Waals surface area contributed by atoms with Crippen LogP contribution in [0.2, 0.25) is 0 Å². The van der Waals surface area contributed by atoms with Crippen molar-refractivity contribution in [1.82, 2.24) is 15.3 Å². The highest BCUT2D eigenvalue weighted by molar-refractivity contribution is 4.93. The van der Waals surface area contributed by atoms with E-state index in [0.717, 1.165) is 6.54 Å². The Morgan fingerprint density at radius 2 is 2.31 bits per heavy atom. The highest BCUT2D eigenvalue weighted by Gasteiger charge is 2.14. The van der Waals surface area contributed by atoms with Gasteiger partial charge in [-0.1, -0.05) is 0 Å². The first-order valence-electron chi connectivity index (χ1n) is 4.58. The zero-order chi connectivity index (χ0) is 8.93. The third-order valence-corrected chi connectivity index (χ3v) is 2.12. The van der Waals surface area contributed by atoms with Crippen LogP contribution in [0.4, 0.5) is 0 Å². The number of rotatable bonds is 3. The van der Waals surface area contributed by atoms with Crippen molar-refractivity contribution < 1.29 is 4.74 Å². The lowest BCUT2D eigenvalue weighted by molar-refractivity contribution is 0.257. The van der Waals surface area contributed by atoms with Gasteiger partial charge in [-0.3, -0.25) is 0 Å². The van der Waals surface area contributed by atoms with Crippen molar-refractivity contribution in [3.05, 3.63) is 18.5 Å². The quantitative estimate of drug-likeness (QED) is 0.738. The Labute approximate surface area is 77.4 Å². The molecule has 1 aromatic rings. The normalized spacial score (nSPS) is 21.7. The number of nitrogens with zero attached hydrogens (tertiary/aromatic N) is 2. The lowest BCUT2D eigenvalue weighted by Crippen LogP contribution is -2.28. The highest BCUT2D eigenvalue weighted by atomic mass is 16.5. The standard InChI is InChI=1S/C9H13N3O/c1-3-8(10-4-1)7-13-9-11-5-2-6-12-9/h2,5-6,8,10H,1,3-4,7H2/t8-/m0/s1. The first-order valence-corrected chi connectivity index (χ1v) is 4.58. The number of hydrogen-bond acceptors (Lipinski definition) is 4. The van der Waals surface area contributed by atoms with Gasteiger partial charge in [0.15, 0.2) is 0 Å². The number of hydrogen-bond donors (Lipinski definition) is 1. The van der Waals surface area contributed by atoms with E-state index in [1.807, 2.05) is 0 Å². The Balaban J connectivity index is 1.79. The minimum Gasteiger partial charge on any atom is -0.462 e. The van der Waals surface area contributed by atoms with Crippen molar-refractivity contribution in [2.24, 2.45) is 0 Å². The van der Waals surface area contributed by atoms with Gasteiger partial charge in [0.25, 0.3) is 0 Å². The highest BCUT2D eigenvalue weighted by Crippen LogP contribution is 2.06. The summed E-state index contributed by atoms with van der Waals surface area (Å²) in [4.78, 5) is 7.96. The van der Waals surface area contributed by atoms with Gasteiger partial charge in [-0.05, 0) is 25.5 Å². The van der Waals surface area contributed by atoms with Gasteiger partial charge in [-0.25, -0.2) is 9.97 Å². The van der Waals surface area contributed by atoms with E-state index in [9.17, 15) is 0 Å². The molecule has 4 heteroatoms. The van der Waals surface area contributed by atoms with Crippen LogP contribution in [0.3, 0.4) is 0 Å². The topological polar surface area (TPSA) is 47.0 Å². The predicted molar refractivity (Wildman–Crippen MR) is 48.6 cm³/mol. The number of ether oxygens (including phenoxy) is 1. The number of aromatic nitrogens is 2. The van der Waals surface area contributed by atoms with E-state index in [1.54, 1.807) is 18.5 Å². The van der Waals surface area contributed by atoms with Crippen LogP contribution < -0.4 is 10.1 Å². The molecule has 1 N–H and O–H groups in total. The molecule has 1 saturated heterocycles. The lowest BCUT2D eigenvalue weighted by atomic mass is 10.2. The maximum absolute atomic E-state index is 5.41. The van der Waals surface area contributed by atoms with E-state index in [-0.39, 0.29) is 0 Å². The second-order valence-electron chi connectivity index (χ2n) is 3.14. The van der Waals surface area contributed by atoms with Gasteiger partial charge in [0.1, 0.15) is 6.61 Å². The molecule has 13 heavy (non-hydrogen) atoms. The molecule has 2 rings (SSSR count). The third-order valence-electron chi connectivity index (χ3n) is 2.12. The largest absolute Gasteiger partial charge is 0.462 e. The summed E-state index contributed by atoms with van der Waals surface area (Å²) in [6, 6.07) is 2.72. The van der Waals surface area contributed by atoms with Gasteiger partial charge in [0, 0.05) is 18.4 Å². The summed E-state index contributed by atoms with van der Waals surface area (Å²) in [5, 5.41) is 3.35. The van der Waals surface area contributed by atoms with Crippen molar-refractivity contribution in [3.63, 3.8) is 0 Å². The fourth-order valence-corrected chi connectivity index (χ4v) is 1.43. The van der Waals surface area contributed by atoms with E-state index in [4.69, 9.17) is 4.74 Å². The van der Waals surface area contributed by atoms with E-state index < -0.39 is 0 Å². The summed E-state index contributed by atoms with van der Waals surface area (Å²) in [5.74, 6) is 0. The Morgan fingerprint density at radius 1 is 1.46 bits per heavy atom. The molecule has 0 aliphatic carbocycles. The predicted octanol–water partition coefficient (Wildman–Crippen LogP) is 0.607. The Kier molecular flexibility index (Phi) is 2.72. The van der Waals surface area contributed by atoms with Crippen LogP contribution in [-0.2, 0) is 0 Å². The van der Waals surface area contributed by atoms with Crippen molar-refractivity contribution in [3.8, 4) is 6.01 Å². The molecule has 0 saturated carbocycles. The van der Waals surface area contributed by atoms with Crippen LogP contribution in [0.1, 0.15) is 12.8 Å². The third kappa shape index (κ3) is 2.39. The zero-order valence-electron chi connectivity index (χ0n) is 7.44. The summed E-state index contributed by atoms with van der Waals surface area (Å²) in [6.07, 6.45) is 5.80. The van der Waals surface area contributed by atoms with Crippen molar-refractivity contribution in [1.29, 1.82) is 0 Å². The van der Waals surface area contributed by atoms with Crippen LogP contribution in [0, 0.1) is 0 Å². The van der Waals surface area contributed by atoms with Gasteiger partial charge in [0.2, 0.25) is 0 Å². The van der Waals surface area contributed by atoms with Crippen LogP contribution in [-0.4, -0.2) is 29.2 Å². The van der Waals surface area contributed by atoms with Crippen molar-refractivity contribution >= 4 is 0 Å². The minimum atomic E-state index is 0.469. The van der Waals surface area contributed by atoms with E-state index in [1.165, 1.54) is 12.8 Å². The summed E-state index contributed by atoms with van der Waals surface area (Å²) in [5.41, 5.74) is 0. The molecule has 4 nitrogen and oxygen atoms in total. The summed E-state index contributed by atoms with van der Waals surface area (Å²) in [7, 11) is 0. The fraction of sp³-hybridized carbons (Fsp3) is 0.556. The average Bonchev–Trinajstić information content (AvgIpc) is 2.69. The first kappa shape index (κ1) is 8.44. The second-order valence-corrected chi connectivity index (χ2v) is 3.14. The van der Waals surface area contributed by atoms with E-state index in [0.29, 0.717) is 18.7 Å². The molecule has 1 fully saturated rings. The average molecular weight is 179 g/mol. The minimum absolute atomic E-state index is 0.469. The van der Waals surface area contributed by atoms with Gasteiger partial charge in [0.05, 0.1) is 0 Å². The van der Waals surface area contributed by atoms with Gasteiger partial charge >= 0.3 is 6.01 Å². The molecule has 0 amide bonds. The molecule has 2 heterocycles. The summed E-state index contributed by atoms with van der Waals surface area (Å²) >= 11 is 0. The molecule has 0 aromatic carbocycles. The first-order chi connectivity index (χ1) is 6.45. The Bertz CT molecular complexity index is 246. The molecule has 0 radical (unpaired) electrons. The van der Waals surface area contributed by atoms with Crippen molar-refractivity contribution in [2.75, 3.05) is 13.2 Å². The van der Waals surface area contributed by atoms with Crippen molar-refractivity contribution in [2.45, 2.75) is 18.9 Å². The Morgan fingerprint density at radius 3 is 3.00 bits per heavy atom. The van der Waals surface area contributed by atoms with Gasteiger partial charge < -0.3 is 10.1 Å². The molecule has 1 aliphatic heterocycles. The summed E-state index contributed by atoms with van der Waals surface area (Å²) < 4.78 is 5.41. The van der Waals surface area contributed by atoms with Crippen LogP contribution >= 0.6 is 0 Å². The second kappa shape index (κ2) is 4.18. The summed E-state index contributed by atoms with van der Waals surface area (Å²) in [6.45, 7) is 1.77. The molecular formula is C9H13N3O. The van der Waals surface area contributed by atoms with E-state index >= 15 is 0 Å². The molecule has 70 valence electrons. The monoisotopic (exact) mass is 179 g/mol. The van der Waals surface area contributed by atoms with Crippen LogP contribution in [0.15, 0.2) is 18.5 Å². The molecule has 1 aliphatic rings. The van der Waals surface area contributed by atoms with Crippen LogP contribution in [0.5, 0.6) is 6.01 Å².